The van der Waals surface area contributed by atoms with Crippen LogP contribution in [0.1, 0.15) is 5.69 Å². The van der Waals surface area contributed by atoms with Gasteiger partial charge in [0.2, 0.25) is 0 Å². The molecule has 0 N–H and O–H groups in total. The summed E-state index contributed by atoms with van der Waals surface area (Å²) in [5, 5.41) is 8.93. The van der Waals surface area contributed by atoms with Crippen molar-refractivity contribution >= 4 is 11.2 Å². The number of imidazole rings is 1. The third-order valence-electron chi connectivity index (χ3n) is 2.47. The fraction of sp³-hybridized carbons (Fsp3) is 0. The van der Waals surface area contributed by atoms with E-state index in [0.717, 1.165) is 5.69 Å². The van der Waals surface area contributed by atoms with E-state index in [1.54, 1.807) is 6.33 Å². The Labute approximate surface area is 97.0 Å². The monoisotopic (exact) mass is 221 g/mol. The Kier molecular flexibility index (Phi) is 2.06. The molecule has 17 heavy (non-hydrogen) atoms. The van der Waals surface area contributed by atoms with E-state index in [4.69, 9.17) is 5.26 Å². The Bertz CT molecular complexity index is 709. The first kappa shape index (κ1) is 9.48. The van der Waals surface area contributed by atoms with Gasteiger partial charge in [-0.05, 0) is 12.1 Å². The highest BCUT2D eigenvalue weighted by molar-refractivity contribution is 5.77. The molecule has 0 radical (unpaired) electrons. The van der Waals surface area contributed by atoms with Gasteiger partial charge in [-0.1, -0.05) is 18.2 Å². The summed E-state index contributed by atoms with van der Waals surface area (Å²) >= 11 is 0. The molecule has 0 saturated heterocycles. The Morgan fingerprint density at radius 3 is 2.65 bits per heavy atom. The molecule has 1 aromatic carbocycles. The molecule has 3 rings (SSSR count). The lowest BCUT2D eigenvalue weighted by Crippen LogP contribution is -1.94. The van der Waals surface area contributed by atoms with Crippen LogP contribution in [-0.2, 0) is 0 Å². The van der Waals surface area contributed by atoms with Crippen molar-refractivity contribution in [3.05, 3.63) is 48.7 Å². The van der Waals surface area contributed by atoms with Crippen molar-refractivity contribution in [1.82, 2.24) is 19.5 Å². The topological polar surface area (TPSA) is 67.4 Å². The summed E-state index contributed by atoms with van der Waals surface area (Å²) in [4.78, 5) is 12.2. The van der Waals surface area contributed by atoms with Crippen LogP contribution in [0.4, 0.5) is 0 Å². The van der Waals surface area contributed by atoms with Gasteiger partial charge in [-0.15, -0.1) is 0 Å². The fourth-order valence-corrected chi connectivity index (χ4v) is 1.69. The largest absolute Gasteiger partial charge is 0.283 e. The molecule has 0 amide bonds. The summed E-state index contributed by atoms with van der Waals surface area (Å²) < 4.78 is 1.83. The average Bonchev–Trinajstić information content (AvgIpc) is 2.83. The molecule has 0 spiro atoms. The zero-order chi connectivity index (χ0) is 11.7. The summed E-state index contributed by atoms with van der Waals surface area (Å²) in [6.45, 7) is 0. The standard InChI is InChI=1S/C12H7N5/c13-6-10-11-12(15-7-14-10)17(8-16-11)9-4-2-1-3-5-9/h1-5,7-8H. The predicted molar refractivity (Wildman–Crippen MR) is 61.4 cm³/mol. The van der Waals surface area contributed by atoms with Crippen molar-refractivity contribution < 1.29 is 0 Å². The number of hydrogen-bond acceptors (Lipinski definition) is 4. The van der Waals surface area contributed by atoms with Gasteiger partial charge in [-0.25, -0.2) is 15.0 Å². The third-order valence-corrected chi connectivity index (χ3v) is 2.47. The second kappa shape index (κ2) is 3.68. The molecule has 0 aliphatic heterocycles. The fourth-order valence-electron chi connectivity index (χ4n) is 1.69. The maximum Gasteiger partial charge on any atom is 0.171 e. The van der Waals surface area contributed by atoms with Crippen molar-refractivity contribution in [3.63, 3.8) is 0 Å². The van der Waals surface area contributed by atoms with E-state index in [2.05, 4.69) is 15.0 Å². The van der Waals surface area contributed by atoms with E-state index >= 15 is 0 Å². The molecule has 0 saturated carbocycles. The molecule has 5 heteroatoms. The molecule has 0 bridgehead atoms. The van der Waals surface area contributed by atoms with Crippen LogP contribution < -0.4 is 0 Å². The average molecular weight is 221 g/mol. The van der Waals surface area contributed by atoms with Crippen LogP contribution in [0.25, 0.3) is 16.9 Å². The first-order valence-electron chi connectivity index (χ1n) is 5.04. The van der Waals surface area contributed by atoms with E-state index < -0.39 is 0 Å². The van der Waals surface area contributed by atoms with E-state index in [1.807, 2.05) is 41.0 Å². The molecular weight excluding hydrogens is 214 g/mol. The highest BCUT2D eigenvalue weighted by Crippen LogP contribution is 2.16. The van der Waals surface area contributed by atoms with Crippen molar-refractivity contribution in [1.29, 1.82) is 5.26 Å². The van der Waals surface area contributed by atoms with Gasteiger partial charge in [0.05, 0.1) is 0 Å². The summed E-state index contributed by atoms with van der Waals surface area (Å²) in [7, 11) is 0. The summed E-state index contributed by atoms with van der Waals surface area (Å²) in [6, 6.07) is 11.7. The van der Waals surface area contributed by atoms with Crippen LogP contribution in [-0.4, -0.2) is 19.5 Å². The van der Waals surface area contributed by atoms with Crippen LogP contribution in [0.3, 0.4) is 0 Å². The lowest BCUT2D eigenvalue weighted by atomic mass is 10.3. The van der Waals surface area contributed by atoms with E-state index in [9.17, 15) is 0 Å². The van der Waals surface area contributed by atoms with Gasteiger partial charge in [-0.2, -0.15) is 5.26 Å². The molecule has 0 aliphatic rings. The highest BCUT2D eigenvalue weighted by atomic mass is 15.1. The lowest BCUT2D eigenvalue weighted by molar-refractivity contribution is 1.06. The lowest BCUT2D eigenvalue weighted by Gasteiger charge is -2.01. The smallest absolute Gasteiger partial charge is 0.171 e. The molecule has 80 valence electrons. The Hall–Kier alpha value is -2.74. The van der Waals surface area contributed by atoms with Gasteiger partial charge in [-0.3, -0.25) is 4.57 Å². The molecule has 3 aromatic rings. The molecule has 2 aromatic heterocycles. The van der Waals surface area contributed by atoms with Gasteiger partial charge in [0.15, 0.2) is 11.3 Å². The van der Waals surface area contributed by atoms with E-state index in [-0.39, 0.29) is 0 Å². The second-order valence-electron chi connectivity index (χ2n) is 3.46. The van der Waals surface area contributed by atoms with Gasteiger partial charge in [0.25, 0.3) is 0 Å². The number of hydrogen-bond donors (Lipinski definition) is 0. The summed E-state index contributed by atoms with van der Waals surface area (Å²) in [5.41, 5.74) is 2.42. The molecule has 5 nitrogen and oxygen atoms in total. The number of para-hydroxylation sites is 1. The van der Waals surface area contributed by atoms with Crippen molar-refractivity contribution in [3.8, 4) is 11.8 Å². The molecule has 0 unspecified atom stereocenters. The number of benzene rings is 1. The maximum atomic E-state index is 8.93. The maximum absolute atomic E-state index is 8.93. The minimum atomic E-state index is 0.296. The number of aromatic nitrogens is 4. The quantitative estimate of drug-likeness (QED) is 0.627. The Balaban J connectivity index is 2.31. The SMILES string of the molecule is N#Cc1ncnc2c1ncn2-c1ccccc1. The van der Waals surface area contributed by atoms with Crippen molar-refractivity contribution in [2.75, 3.05) is 0 Å². The predicted octanol–water partition coefficient (Wildman–Crippen LogP) is 1.69. The van der Waals surface area contributed by atoms with Crippen molar-refractivity contribution in [2.45, 2.75) is 0 Å². The van der Waals surface area contributed by atoms with Crippen molar-refractivity contribution in [2.24, 2.45) is 0 Å². The van der Waals surface area contributed by atoms with Crippen LogP contribution >= 0.6 is 0 Å². The Morgan fingerprint density at radius 2 is 1.88 bits per heavy atom. The Morgan fingerprint density at radius 1 is 1.06 bits per heavy atom. The first-order valence-corrected chi connectivity index (χ1v) is 5.04. The van der Waals surface area contributed by atoms with Gasteiger partial charge in [0, 0.05) is 5.69 Å². The van der Waals surface area contributed by atoms with Crippen LogP contribution in [0.2, 0.25) is 0 Å². The number of fused-ring (bicyclic) bond motifs is 1. The van der Waals surface area contributed by atoms with E-state index in [0.29, 0.717) is 16.9 Å². The van der Waals surface area contributed by atoms with Crippen LogP contribution in [0.5, 0.6) is 0 Å². The van der Waals surface area contributed by atoms with Gasteiger partial charge in [0.1, 0.15) is 24.2 Å². The summed E-state index contributed by atoms with van der Waals surface area (Å²) in [5.74, 6) is 0. The molecule has 2 heterocycles. The molecule has 0 aliphatic carbocycles. The van der Waals surface area contributed by atoms with Gasteiger partial charge < -0.3 is 0 Å². The van der Waals surface area contributed by atoms with Crippen LogP contribution in [0, 0.1) is 11.3 Å². The number of nitrogens with zero attached hydrogens (tertiary/aromatic N) is 5. The molecule has 0 atom stereocenters. The summed E-state index contributed by atoms with van der Waals surface area (Å²) in [6.07, 6.45) is 3.03. The minimum Gasteiger partial charge on any atom is -0.283 e. The third kappa shape index (κ3) is 1.43. The molecular formula is C12H7N5. The minimum absolute atomic E-state index is 0.296. The highest BCUT2D eigenvalue weighted by Gasteiger charge is 2.09. The van der Waals surface area contributed by atoms with Gasteiger partial charge >= 0.3 is 0 Å². The molecule has 0 fully saturated rings. The number of nitriles is 1. The zero-order valence-corrected chi connectivity index (χ0v) is 8.78. The zero-order valence-electron chi connectivity index (χ0n) is 8.78. The van der Waals surface area contributed by atoms with E-state index in [1.165, 1.54) is 6.33 Å². The van der Waals surface area contributed by atoms with Crippen LogP contribution in [0.15, 0.2) is 43.0 Å². The first-order chi connectivity index (χ1) is 8.40. The normalized spacial score (nSPS) is 10.3. The second-order valence-corrected chi connectivity index (χ2v) is 3.46. The number of rotatable bonds is 1.